The number of hydrogen-bond acceptors (Lipinski definition) is 2. The monoisotopic (exact) mass is 401 g/mol. The van der Waals surface area contributed by atoms with Gasteiger partial charge in [-0.05, 0) is 47.1 Å². The molecular weight excluding hydrogens is 389 g/mol. The Morgan fingerprint density at radius 3 is 2.50 bits per heavy atom. The summed E-state index contributed by atoms with van der Waals surface area (Å²) >= 11 is 15.3. The molecule has 0 aromatic heterocycles. The highest BCUT2D eigenvalue weighted by Gasteiger charge is 2.16. The van der Waals surface area contributed by atoms with Gasteiger partial charge in [-0.25, -0.2) is 0 Å². The molecule has 0 aliphatic carbocycles. The summed E-state index contributed by atoms with van der Waals surface area (Å²) in [5.74, 6) is 0.259. The molecule has 0 atom stereocenters. The van der Waals surface area contributed by atoms with E-state index < -0.39 is 0 Å². The lowest BCUT2D eigenvalue weighted by Crippen LogP contribution is -2.34. The Kier molecular flexibility index (Phi) is 6.12. The Morgan fingerprint density at radius 2 is 1.91 bits per heavy atom. The second-order valence-corrected chi connectivity index (χ2v) is 6.16. The molecule has 0 bridgehead atoms. The van der Waals surface area contributed by atoms with Crippen LogP contribution in [0.3, 0.4) is 0 Å². The van der Waals surface area contributed by atoms with E-state index in [1.165, 1.54) is 0 Å². The molecule has 2 aromatic rings. The highest BCUT2D eigenvalue weighted by atomic mass is 79.9. The number of carbonyl (C=O) groups excluding carboxylic acids is 1. The molecule has 3 nitrogen and oxygen atoms in total. The number of anilines is 1. The average molecular weight is 403 g/mol. The Morgan fingerprint density at radius 1 is 1.23 bits per heavy atom. The van der Waals surface area contributed by atoms with E-state index in [0.29, 0.717) is 26.8 Å². The molecule has 0 N–H and O–H groups in total. The topological polar surface area (TPSA) is 29.5 Å². The molecule has 0 radical (unpaired) electrons. The lowest BCUT2D eigenvalue weighted by atomic mass is 10.3. The van der Waals surface area contributed by atoms with Crippen LogP contribution in [0.2, 0.25) is 10.0 Å². The third kappa shape index (κ3) is 4.15. The molecule has 1 amide bonds. The van der Waals surface area contributed by atoms with Gasteiger partial charge in [-0.15, -0.1) is 0 Å². The summed E-state index contributed by atoms with van der Waals surface area (Å²) in [7, 11) is 0. The number of para-hydroxylation sites is 1. The number of hydrogen-bond donors (Lipinski definition) is 0. The van der Waals surface area contributed by atoms with Gasteiger partial charge in [0.1, 0.15) is 0 Å². The van der Waals surface area contributed by atoms with Gasteiger partial charge in [0.15, 0.2) is 12.4 Å². The molecule has 2 aromatic carbocycles. The molecule has 0 saturated heterocycles. The Hall–Kier alpha value is -1.23. The van der Waals surface area contributed by atoms with Crippen LogP contribution in [-0.2, 0) is 4.79 Å². The highest BCUT2D eigenvalue weighted by molar-refractivity contribution is 9.10. The van der Waals surface area contributed by atoms with Gasteiger partial charge < -0.3 is 9.64 Å². The molecule has 0 saturated carbocycles. The number of nitrogens with zero attached hydrogens (tertiary/aromatic N) is 1. The molecule has 2 rings (SSSR count). The minimum Gasteiger partial charge on any atom is -0.481 e. The fourth-order valence-electron chi connectivity index (χ4n) is 1.99. The van der Waals surface area contributed by atoms with Crippen molar-refractivity contribution in [3.8, 4) is 5.75 Å². The lowest BCUT2D eigenvalue weighted by molar-refractivity contribution is -0.120. The van der Waals surface area contributed by atoms with Crippen molar-refractivity contribution < 1.29 is 9.53 Å². The molecule has 0 aliphatic rings. The van der Waals surface area contributed by atoms with Gasteiger partial charge in [-0.3, -0.25) is 4.79 Å². The third-order valence-electron chi connectivity index (χ3n) is 2.99. The van der Waals surface area contributed by atoms with Crippen molar-refractivity contribution in [1.82, 2.24) is 0 Å². The quantitative estimate of drug-likeness (QED) is 0.688. The molecule has 22 heavy (non-hydrogen) atoms. The molecule has 0 heterocycles. The van der Waals surface area contributed by atoms with E-state index in [2.05, 4.69) is 15.9 Å². The summed E-state index contributed by atoms with van der Waals surface area (Å²) in [4.78, 5) is 14.0. The second kappa shape index (κ2) is 7.86. The van der Waals surface area contributed by atoms with Crippen LogP contribution >= 0.6 is 39.1 Å². The first-order valence-electron chi connectivity index (χ1n) is 6.65. The van der Waals surface area contributed by atoms with Crippen molar-refractivity contribution in [2.24, 2.45) is 0 Å². The maximum atomic E-state index is 12.4. The highest BCUT2D eigenvalue weighted by Crippen LogP contribution is 2.36. The zero-order chi connectivity index (χ0) is 16.1. The van der Waals surface area contributed by atoms with E-state index >= 15 is 0 Å². The number of halogens is 3. The number of benzene rings is 2. The fourth-order valence-corrected chi connectivity index (χ4v) is 3.36. The molecule has 0 aliphatic heterocycles. The van der Waals surface area contributed by atoms with Gasteiger partial charge >= 0.3 is 0 Å². The Balaban J connectivity index is 2.09. The van der Waals surface area contributed by atoms with Crippen LogP contribution in [0.15, 0.2) is 46.9 Å². The van der Waals surface area contributed by atoms with E-state index in [4.69, 9.17) is 27.9 Å². The van der Waals surface area contributed by atoms with Crippen LogP contribution in [0.4, 0.5) is 5.69 Å². The normalized spacial score (nSPS) is 10.4. The summed E-state index contributed by atoms with van der Waals surface area (Å²) < 4.78 is 6.17. The lowest BCUT2D eigenvalue weighted by Gasteiger charge is -2.21. The molecule has 0 fully saturated rings. The SMILES string of the molecule is CCN(C(=O)COc1c(Cl)cc(Cl)cc1Br)c1ccccc1. The van der Waals surface area contributed by atoms with Crippen LogP contribution in [-0.4, -0.2) is 19.1 Å². The second-order valence-electron chi connectivity index (χ2n) is 4.46. The van der Waals surface area contributed by atoms with Crippen LogP contribution in [0.1, 0.15) is 6.92 Å². The van der Waals surface area contributed by atoms with Crippen molar-refractivity contribution in [1.29, 1.82) is 0 Å². The van der Waals surface area contributed by atoms with E-state index in [1.807, 2.05) is 37.3 Å². The van der Waals surface area contributed by atoms with Gasteiger partial charge in [-0.2, -0.15) is 0 Å². The van der Waals surface area contributed by atoms with Crippen molar-refractivity contribution >= 4 is 50.7 Å². The molecule has 0 spiro atoms. The Bertz CT molecular complexity index is 641. The van der Waals surface area contributed by atoms with Gasteiger partial charge in [0, 0.05) is 17.3 Å². The van der Waals surface area contributed by atoms with Crippen molar-refractivity contribution in [2.75, 3.05) is 18.1 Å². The van der Waals surface area contributed by atoms with Gasteiger partial charge in [-0.1, -0.05) is 41.4 Å². The third-order valence-corrected chi connectivity index (χ3v) is 4.08. The largest absolute Gasteiger partial charge is 0.481 e. The average Bonchev–Trinajstić information content (AvgIpc) is 2.48. The number of likely N-dealkylation sites (N-methyl/N-ethyl adjacent to an activating group) is 1. The summed E-state index contributed by atoms with van der Waals surface area (Å²) in [6.07, 6.45) is 0. The Labute approximate surface area is 147 Å². The number of carbonyl (C=O) groups is 1. The first-order valence-corrected chi connectivity index (χ1v) is 8.20. The minimum atomic E-state index is -0.147. The van der Waals surface area contributed by atoms with E-state index in [9.17, 15) is 4.79 Å². The summed E-state index contributed by atoms with van der Waals surface area (Å²) in [5.41, 5.74) is 0.833. The predicted octanol–water partition coefficient (Wildman–Crippen LogP) is 5.19. The smallest absolute Gasteiger partial charge is 0.264 e. The first kappa shape index (κ1) is 17.1. The summed E-state index contributed by atoms with van der Waals surface area (Å²) in [6, 6.07) is 12.7. The van der Waals surface area contributed by atoms with E-state index in [1.54, 1.807) is 17.0 Å². The van der Waals surface area contributed by atoms with Crippen LogP contribution in [0, 0.1) is 0 Å². The zero-order valence-electron chi connectivity index (χ0n) is 11.9. The number of amides is 1. The van der Waals surface area contributed by atoms with Gasteiger partial charge in [0.2, 0.25) is 0 Å². The number of rotatable bonds is 5. The standard InChI is InChI=1S/C16H14BrCl2NO2/c1-2-20(12-6-4-3-5-7-12)15(21)10-22-16-13(17)8-11(18)9-14(16)19/h3-9H,2,10H2,1H3. The summed E-state index contributed by atoms with van der Waals surface area (Å²) in [6.45, 7) is 2.36. The molecule has 116 valence electrons. The van der Waals surface area contributed by atoms with Crippen molar-refractivity contribution in [3.63, 3.8) is 0 Å². The van der Waals surface area contributed by atoms with E-state index in [-0.39, 0.29) is 12.5 Å². The van der Waals surface area contributed by atoms with Crippen molar-refractivity contribution in [3.05, 3.63) is 57.0 Å². The van der Waals surface area contributed by atoms with Gasteiger partial charge in [0.05, 0.1) is 9.50 Å². The number of ether oxygens (including phenoxy) is 1. The fraction of sp³-hybridized carbons (Fsp3) is 0.188. The van der Waals surface area contributed by atoms with Crippen molar-refractivity contribution in [2.45, 2.75) is 6.92 Å². The van der Waals surface area contributed by atoms with Gasteiger partial charge in [0.25, 0.3) is 5.91 Å². The zero-order valence-corrected chi connectivity index (χ0v) is 15.0. The summed E-state index contributed by atoms with van der Waals surface area (Å²) in [5, 5.41) is 0.852. The maximum absolute atomic E-state index is 12.4. The maximum Gasteiger partial charge on any atom is 0.264 e. The van der Waals surface area contributed by atoms with Crippen LogP contribution in [0.25, 0.3) is 0 Å². The first-order chi connectivity index (χ1) is 10.5. The molecule has 6 heteroatoms. The predicted molar refractivity (Wildman–Crippen MR) is 94.1 cm³/mol. The van der Waals surface area contributed by atoms with Crippen LogP contribution in [0.5, 0.6) is 5.75 Å². The minimum absolute atomic E-state index is 0.108. The molecular formula is C16H14BrCl2NO2. The van der Waals surface area contributed by atoms with E-state index in [0.717, 1.165) is 5.69 Å². The molecule has 0 unspecified atom stereocenters. The van der Waals surface area contributed by atoms with Crippen LogP contribution < -0.4 is 9.64 Å².